The first-order chi connectivity index (χ1) is 8.58. The number of hydrogen-bond acceptors (Lipinski definition) is 3. The van der Waals surface area contributed by atoms with Crippen molar-refractivity contribution in [2.75, 3.05) is 33.9 Å². The Morgan fingerprint density at radius 1 is 1.44 bits per heavy atom. The van der Waals surface area contributed by atoms with Gasteiger partial charge in [0.25, 0.3) is 0 Å². The molecule has 4 nitrogen and oxygen atoms in total. The predicted molar refractivity (Wildman–Crippen MR) is 73.5 cm³/mol. The third kappa shape index (κ3) is 4.58. The Morgan fingerprint density at radius 2 is 2.17 bits per heavy atom. The smallest absolute Gasteiger partial charge is 0.222 e. The van der Waals surface area contributed by atoms with Crippen molar-refractivity contribution < 1.29 is 9.53 Å². The third-order valence-electron chi connectivity index (χ3n) is 4.01. The van der Waals surface area contributed by atoms with Gasteiger partial charge in [-0.1, -0.05) is 13.8 Å². The fraction of sp³-hybridized carbons (Fsp3) is 0.929. The topological polar surface area (TPSA) is 41.6 Å². The number of nitrogens with zero attached hydrogens (tertiary/aromatic N) is 1. The normalized spacial score (nSPS) is 23.3. The van der Waals surface area contributed by atoms with Crippen LogP contribution < -0.4 is 5.32 Å². The van der Waals surface area contributed by atoms with Gasteiger partial charge in [-0.2, -0.15) is 0 Å². The second kappa shape index (κ2) is 7.74. The summed E-state index contributed by atoms with van der Waals surface area (Å²) in [5.41, 5.74) is 0. The number of ether oxygens (including phenoxy) is 1. The molecule has 0 radical (unpaired) electrons. The van der Waals surface area contributed by atoms with Gasteiger partial charge in [-0.3, -0.25) is 4.79 Å². The van der Waals surface area contributed by atoms with Crippen LogP contribution in [0.2, 0.25) is 0 Å². The highest BCUT2D eigenvalue weighted by molar-refractivity contribution is 5.76. The number of methoxy groups -OCH3 is 1. The molecule has 0 aromatic carbocycles. The molecule has 0 aromatic rings. The Hall–Kier alpha value is -0.610. The molecule has 2 atom stereocenters. The van der Waals surface area contributed by atoms with E-state index in [1.54, 1.807) is 7.11 Å². The van der Waals surface area contributed by atoms with Crippen molar-refractivity contribution in [3.63, 3.8) is 0 Å². The maximum absolute atomic E-state index is 12.1. The quantitative estimate of drug-likeness (QED) is 0.783. The summed E-state index contributed by atoms with van der Waals surface area (Å²) in [5, 5.41) is 3.21. The second-order valence-corrected chi connectivity index (χ2v) is 5.61. The molecule has 0 bridgehead atoms. The molecule has 18 heavy (non-hydrogen) atoms. The van der Waals surface area contributed by atoms with E-state index in [9.17, 15) is 4.79 Å². The van der Waals surface area contributed by atoms with Gasteiger partial charge in [-0.15, -0.1) is 0 Å². The van der Waals surface area contributed by atoms with Gasteiger partial charge in [0.2, 0.25) is 5.91 Å². The maximum Gasteiger partial charge on any atom is 0.222 e. The van der Waals surface area contributed by atoms with Crippen LogP contribution in [-0.2, 0) is 9.53 Å². The first kappa shape index (κ1) is 15.4. The lowest BCUT2D eigenvalue weighted by Gasteiger charge is -2.26. The number of likely N-dealkylation sites (N-methyl/N-ethyl adjacent to an activating group) is 1. The molecule has 4 heteroatoms. The minimum absolute atomic E-state index is 0.231. The summed E-state index contributed by atoms with van der Waals surface area (Å²) in [6.07, 6.45) is 2.88. The minimum atomic E-state index is 0.231. The Balaban J connectivity index is 2.52. The van der Waals surface area contributed by atoms with Crippen molar-refractivity contribution in [2.45, 2.75) is 39.2 Å². The molecule has 1 N–H and O–H groups in total. The monoisotopic (exact) mass is 256 g/mol. The molecule has 1 rings (SSSR count). The molecule has 1 heterocycles. The molecule has 1 saturated heterocycles. The van der Waals surface area contributed by atoms with E-state index < -0.39 is 0 Å². The number of hydrogen-bond donors (Lipinski definition) is 1. The van der Waals surface area contributed by atoms with Crippen LogP contribution in [0.15, 0.2) is 0 Å². The van der Waals surface area contributed by atoms with E-state index in [4.69, 9.17) is 4.74 Å². The first-order valence-electron chi connectivity index (χ1n) is 7.02. The van der Waals surface area contributed by atoms with Gasteiger partial charge in [0, 0.05) is 32.7 Å². The Labute approximate surface area is 111 Å². The van der Waals surface area contributed by atoms with Gasteiger partial charge in [0.05, 0.1) is 6.61 Å². The van der Waals surface area contributed by atoms with E-state index in [1.165, 1.54) is 0 Å². The van der Waals surface area contributed by atoms with E-state index in [0.717, 1.165) is 25.9 Å². The van der Waals surface area contributed by atoms with Gasteiger partial charge in [0.15, 0.2) is 0 Å². The molecule has 0 saturated carbocycles. The molecule has 0 aliphatic carbocycles. The van der Waals surface area contributed by atoms with Crippen molar-refractivity contribution in [2.24, 2.45) is 11.8 Å². The molecule has 0 aromatic heterocycles. The highest BCUT2D eigenvalue weighted by Gasteiger charge is 2.25. The average Bonchev–Trinajstić information content (AvgIpc) is 2.52. The van der Waals surface area contributed by atoms with E-state index >= 15 is 0 Å². The number of carbonyl (C=O) groups excluding carboxylic acids is 1. The lowest BCUT2D eigenvalue weighted by molar-refractivity contribution is -0.131. The van der Waals surface area contributed by atoms with Crippen LogP contribution in [0.5, 0.6) is 0 Å². The van der Waals surface area contributed by atoms with Gasteiger partial charge in [-0.05, 0) is 31.7 Å². The summed E-state index contributed by atoms with van der Waals surface area (Å²) in [5.74, 6) is 1.67. The van der Waals surface area contributed by atoms with E-state index in [-0.39, 0.29) is 6.04 Å². The van der Waals surface area contributed by atoms with Crippen LogP contribution in [-0.4, -0.2) is 50.7 Å². The molecule has 1 aliphatic rings. The van der Waals surface area contributed by atoms with Crippen LogP contribution in [0.3, 0.4) is 0 Å². The summed E-state index contributed by atoms with van der Waals surface area (Å²) >= 11 is 0. The van der Waals surface area contributed by atoms with Crippen molar-refractivity contribution in [1.29, 1.82) is 0 Å². The molecular weight excluding hydrogens is 228 g/mol. The van der Waals surface area contributed by atoms with Crippen LogP contribution in [0.4, 0.5) is 0 Å². The maximum atomic E-state index is 12.1. The number of nitrogens with one attached hydrogen (secondary N) is 1. The second-order valence-electron chi connectivity index (χ2n) is 5.61. The summed E-state index contributed by atoms with van der Waals surface area (Å²) in [6.45, 7) is 6.81. The molecule has 2 unspecified atom stereocenters. The number of likely N-dealkylation sites (tertiary alicyclic amines) is 1. The molecule has 106 valence electrons. The molecule has 1 fully saturated rings. The molecular formula is C14H28N2O2. The summed E-state index contributed by atoms with van der Waals surface area (Å²) in [4.78, 5) is 14.1. The van der Waals surface area contributed by atoms with Gasteiger partial charge in [-0.25, -0.2) is 0 Å². The lowest BCUT2D eigenvalue weighted by atomic mass is 9.89. The number of amides is 1. The molecule has 0 spiro atoms. The van der Waals surface area contributed by atoms with Crippen LogP contribution in [0.1, 0.15) is 33.1 Å². The average molecular weight is 256 g/mol. The largest absolute Gasteiger partial charge is 0.383 e. The van der Waals surface area contributed by atoms with E-state index in [1.807, 2.05) is 11.9 Å². The lowest BCUT2D eigenvalue weighted by Crippen LogP contribution is -2.44. The fourth-order valence-corrected chi connectivity index (χ4v) is 2.61. The van der Waals surface area contributed by atoms with Crippen molar-refractivity contribution >= 4 is 5.91 Å². The SMILES string of the molecule is CNC(COC)CN1CCC(C(C)C)CCC1=O. The van der Waals surface area contributed by atoms with Crippen LogP contribution >= 0.6 is 0 Å². The molecule has 1 amide bonds. The fourth-order valence-electron chi connectivity index (χ4n) is 2.61. The van der Waals surface area contributed by atoms with Gasteiger partial charge in [0.1, 0.15) is 0 Å². The zero-order chi connectivity index (χ0) is 13.5. The summed E-state index contributed by atoms with van der Waals surface area (Å²) < 4.78 is 5.16. The summed E-state index contributed by atoms with van der Waals surface area (Å²) in [6, 6.07) is 0.231. The minimum Gasteiger partial charge on any atom is -0.383 e. The Bertz CT molecular complexity index is 256. The van der Waals surface area contributed by atoms with Crippen molar-refractivity contribution in [3.8, 4) is 0 Å². The van der Waals surface area contributed by atoms with E-state index in [0.29, 0.717) is 30.8 Å². The molecule has 1 aliphatic heterocycles. The third-order valence-corrected chi connectivity index (χ3v) is 4.01. The predicted octanol–water partition coefficient (Wildman–Crippen LogP) is 1.51. The van der Waals surface area contributed by atoms with Crippen molar-refractivity contribution in [1.82, 2.24) is 10.2 Å². The first-order valence-corrected chi connectivity index (χ1v) is 7.02. The highest BCUT2D eigenvalue weighted by Crippen LogP contribution is 2.25. The highest BCUT2D eigenvalue weighted by atomic mass is 16.5. The van der Waals surface area contributed by atoms with Gasteiger partial charge < -0.3 is 15.0 Å². The number of carbonyl (C=O) groups is 1. The Morgan fingerprint density at radius 3 is 2.72 bits per heavy atom. The van der Waals surface area contributed by atoms with Crippen molar-refractivity contribution in [3.05, 3.63) is 0 Å². The van der Waals surface area contributed by atoms with Crippen LogP contribution in [0.25, 0.3) is 0 Å². The van der Waals surface area contributed by atoms with Gasteiger partial charge >= 0.3 is 0 Å². The van der Waals surface area contributed by atoms with Crippen LogP contribution in [0, 0.1) is 11.8 Å². The Kier molecular flexibility index (Phi) is 6.65. The zero-order valence-corrected chi connectivity index (χ0v) is 12.2. The summed E-state index contributed by atoms with van der Waals surface area (Å²) in [7, 11) is 3.62. The number of rotatable bonds is 6. The van der Waals surface area contributed by atoms with E-state index in [2.05, 4.69) is 19.2 Å². The zero-order valence-electron chi connectivity index (χ0n) is 12.2. The standard InChI is InChI=1S/C14H28N2O2/c1-11(2)12-5-6-14(17)16(8-7-12)9-13(15-3)10-18-4/h11-13,15H,5-10H2,1-4H3.